The van der Waals surface area contributed by atoms with Gasteiger partial charge in [0.15, 0.2) is 0 Å². The third kappa shape index (κ3) is 2.34. The highest BCUT2D eigenvalue weighted by Crippen LogP contribution is 2.23. The predicted octanol–water partition coefficient (Wildman–Crippen LogP) is 2.79. The molecule has 0 aromatic heterocycles. The Hall–Kier alpha value is -1.12. The first-order chi connectivity index (χ1) is 7.85. The molecule has 0 aromatic rings. The van der Waals surface area contributed by atoms with E-state index in [1.807, 2.05) is 12.2 Å². The molecule has 2 nitrogen and oxygen atoms in total. The van der Waals surface area contributed by atoms with Gasteiger partial charge in [-0.05, 0) is 24.0 Å². The highest BCUT2D eigenvalue weighted by atomic mass is 16.5. The summed E-state index contributed by atoms with van der Waals surface area (Å²) >= 11 is 0. The van der Waals surface area contributed by atoms with Gasteiger partial charge in [0.05, 0.1) is 25.4 Å². The molecule has 0 unspecified atom stereocenters. The quantitative estimate of drug-likeness (QED) is 0.663. The summed E-state index contributed by atoms with van der Waals surface area (Å²) < 4.78 is 11.7. The van der Waals surface area contributed by atoms with E-state index in [1.165, 1.54) is 0 Å². The first-order valence-corrected chi connectivity index (χ1v) is 5.70. The predicted molar refractivity (Wildman–Crippen MR) is 65.3 cm³/mol. The molecule has 0 bridgehead atoms. The third-order valence-electron chi connectivity index (χ3n) is 3.13. The van der Waals surface area contributed by atoms with Gasteiger partial charge in [-0.15, -0.1) is 0 Å². The summed E-state index contributed by atoms with van der Waals surface area (Å²) in [6, 6.07) is 0. The molecule has 0 saturated heterocycles. The SMILES string of the molecule is C=C/C1=C(\C=C)CO[C@@H]2CC=CC[C@H]2OC1. The zero-order valence-corrected chi connectivity index (χ0v) is 9.52. The fourth-order valence-corrected chi connectivity index (χ4v) is 2.07. The molecule has 0 fully saturated rings. The lowest BCUT2D eigenvalue weighted by Gasteiger charge is -2.31. The Bertz CT molecular complexity index is 307. The molecule has 0 saturated carbocycles. The number of ether oxygens (including phenoxy) is 2. The summed E-state index contributed by atoms with van der Waals surface area (Å²) in [5.74, 6) is 0. The Morgan fingerprint density at radius 1 is 0.938 bits per heavy atom. The van der Waals surface area contributed by atoms with Crippen molar-refractivity contribution in [2.45, 2.75) is 25.0 Å². The Labute approximate surface area is 96.9 Å². The lowest BCUT2D eigenvalue weighted by molar-refractivity contribution is -0.0666. The van der Waals surface area contributed by atoms with E-state index in [1.54, 1.807) is 0 Å². The first kappa shape index (κ1) is 11.4. The van der Waals surface area contributed by atoms with Crippen molar-refractivity contribution in [2.75, 3.05) is 13.2 Å². The Morgan fingerprint density at radius 3 is 1.75 bits per heavy atom. The van der Waals surface area contributed by atoms with Crippen LogP contribution in [0, 0.1) is 0 Å². The molecular weight excluding hydrogens is 200 g/mol. The second-order valence-electron chi connectivity index (χ2n) is 4.10. The van der Waals surface area contributed by atoms with Crippen LogP contribution in [0.25, 0.3) is 0 Å². The maximum Gasteiger partial charge on any atom is 0.0878 e. The fourth-order valence-electron chi connectivity index (χ4n) is 2.07. The van der Waals surface area contributed by atoms with Gasteiger partial charge in [-0.2, -0.15) is 0 Å². The van der Waals surface area contributed by atoms with Crippen LogP contribution in [0.5, 0.6) is 0 Å². The summed E-state index contributed by atoms with van der Waals surface area (Å²) in [6.45, 7) is 8.84. The molecule has 16 heavy (non-hydrogen) atoms. The largest absolute Gasteiger partial charge is 0.370 e. The molecule has 0 N–H and O–H groups in total. The van der Waals surface area contributed by atoms with Crippen molar-refractivity contribution in [1.82, 2.24) is 0 Å². The van der Waals surface area contributed by atoms with Crippen LogP contribution in [-0.2, 0) is 9.47 Å². The van der Waals surface area contributed by atoms with Crippen molar-refractivity contribution in [2.24, 2.45) is 0 Å². The van der Waals surface area contributed by atoms with Crippen LogP contribution in [0.2, 0.25) is 0 Å². The molecule has 2 rings (SSSR count). The lowest BCUT2D eigenvalue weighted by atomic mass is 9.99. The zero-order chi connectivity index (χ0) is 11.4. The summed E-state index contributed by atoms with van der Waals surface area (Å²) in [4.78, 5) is 0. The number of fused-ring (bicyclic) bond motifs is 1. The summed E-state index contributed by atoms with van der Waals surface area (Å²) in [5, 5.41) is 0. The van der Waals surface area contributed by atoms with Crippen LogP contribution in [0.4, 0.5) is 0 Å². The normalized spacial score (nSPS) is 34.8. The van der Waals surface area contributed by atoms with Gasteiger partial charge < -0.3 is 9.47 Å². The minimum absolute atomic E-state index is 0.186. The van der Waals surface area contributed by atoms with E-state index in [9.17, 15) is 0 Å². The molecule has 86 valence electrons. The van der Waals surface area contributed by atoms with Crippen LogP contribution in [-0.4, -0.2) is 25.4 Å². The van der Waals surface area contributed by atoms with Crippen LogP contribution in [0.3, 0.4) is 0 Å². The Kier molecular flexibility index (Phi) is 3.75. The van der Waals surface area contributed by atoms with Crippen molar-refractivity contribution < 1.29 is 9.47 Å². The van der Waals surface area contributed by atoms with E-state index in [4.69, 9.17) is 9.47 Å². The van der Waals surface area contributed by atoms with Crippen molar-refractivity contribution in [3.8, 4) is 0 Å². The van der Waals surface area contributed by atoms with E-state index in [-0.39, 0.29) is 12.2 Å². The van der Waals surface area contributed by atoms with Crippen LogP contribution in [0.15, 0.2) is 48.6 Å². The molecule has 0 spiro atoms. The highest BCUT2D eigenvalue weighted by Gasteiger charge is 2.26. The standard InChI is InChI=1S/C14H18O2/c1-3-11-9-15-13-7-5-6-8-14(13)16-10-12(11)4-2/h3-6,13-14H,1-2,7-10H2/b12-11-/t13-,14-/m1/s1. The third-order valence-corrected chi connectivity index (χ3v) is 3.13. The monoisotopic (exact) mass is 218 g/mol. The molecule has 0 amide bonds. The molecule has 1 heterocycles. The number of rotatable bonds is 2. The van der Waals surface area contributed by atoms with E-state index >= 15 is 0 Å². The van der Waals surface area contributed by atoms with Gasteiger partial charge >= 0.3 is 0 Å². The zero-order valence-electron chi connectivity index (χ0n) is 9.52. The molecule has 2 heteroatoms. The number of hydrogen-bond donors (Lipinski definition) is 0. The first-order valence-electron chi connectivity index (χ1n) is 5.70. The molecule has 1 aliphatic heterocycles. The maximum absolute atomic E-state index is 5.87. The van der Waals surface area contributed by atoms with Gasteiger partial charge in [-0.25, -0.2) is 0 Å². The van der Waals surface area contributed by atoms with Gasteiger partial charge in [-0.1, -0.05) is 37.5 Å². The van der Waals surface area contributed by atoms with Gasteiger partial charge in [0.2, 0.25) is 0 Å². The Balaban J connectivity index is 2.15. The summed E-state index contributed by atoms with van der Waals surface area (Å²) in [6.07, 6.45) is 10.3. The molecular formula is C14H18O2. The van der Waals surface area contributed by atoms with Crippen molar-refractivity contribution in [3.63, 3.8) is 0 Å². The number of hydrogen-bond acceptors (Lipinski definition) is 2. The minimum Gasteiger partial charge on any atom is -0.370 e. The van der Waals surface area contributed by atoms with E-state index in [0.29, 0.717) is 13.2 Å². The van der Waals surface area contributed by atoms with E-state index in [2.05, 4.69) is 25.3 Å². The summed E-state index contributed by atoms with van der Waals surface area (Å²) in [7, 11) is 0. The van der Waals surface area contributed by atoms with Crippen LogP contribution in [0.1, 0.15) is 12.8 Å². The molecule has 1 aliphatic carbocycles. The van der Waals surface area contributed by atoms with Crippen molar-refractivity contribution >= 4 is 0 Å². The molecule has 2 aliphatic rings. The van der Waals surface area contributed by atoms with Crippen molar-refractivity contribution in [1.29, 1.82) is 0 Å². The van der Waals surface area contributed by atoms with Gasteiger partial charge in [0.1, 0.15) is 0 Å². The second-order valence-corrected chi connectivity index (χ2v) is 4.10. The van der Waals surface area contributed by atoms with Crippen LogP contribution < -0.4 is 0 Å². The summed E-state index contributed by atoms with van der Waals surface area (Å²) in [5.41, 5.74) is 2.17. The maximum atomic E-state index is 5.87. The van der Waals surface area contributed by atoms with Crippen LogP contribution >= 0.6 is 0 Å². The van der Waals surface area contributed by atoms with Gasteiger partial charge in [0.25, 0.3) is 0 Å². The van der Waals surface area contributed by atoms with Gasteiger partial charge in [0, 0.05) is 0 Å². The lowest BCUT2D eigenvalue weighted by Crippen LogP contribution is -2.35. The molecule has 0 radical (unpaired) electrons. The minimum atomic E-state index is 0.186. The fraction of sp³-hybridized carbons (Fsp3) is 0.429. The second kappa shape index (κ2) is 5.28. The van der Waals surface area contributed by atoms with E-state index < -0.39 is 0 Å². The highest BCUT2D eigenvalue weighted by molar-refractivity contribution is 5.32. The van der Waals surface area contributed by atoms with Gasteiger partial charge in [-0.3, -0.25) is 0 Å². The average molecular weight is 218 g/mol. The molecule has 0 aromatic carbocycles. The topological polar surface area (TPSA) is 18.5 Å². The smallest absolute Gasteiger partial charge is 0.0878 e. The van der Waals surface area contributed by atoms with Crippen molar-refractivity contribution in [3.05, 3.63) is 48.6 Å². The van der Waals surface area contributed by atoms with E-state index in [0.717, 1.165) is 24.0 Å². The Morgan fingerprint density at radius 2 is 1.38 bits per heavy atom. The average Bonchev–Trinajstić information content (AvgIpc) is 2.31. The molecule has 2 atom stereocenters.